The number of carbonyl (C=O) groups is 1. The average molecular weight is 472 g/mol. The summed E-state index contributed by atoms with van der Waals surface area (Å²) in [5.41, 5.74) is 2.43. The summed E-state index contributed by atoms with van der Waals surface area (Å²) in [4.78, 5) is 22.2. The van der Waals surface area contributed by atoms with E-state index in [2.05, 4.69) is 4.90 Å². The van der Waals surface area contributed by atoms with Gasteiger partial charge in [-0.05, 0) is 64.7 Å². The lowest BCUT2D eigenvalue weighted by Gasteiger charge is -2.19. The third kappa shape index (κ3) is 4.46. The van der Waals surface area contributed by atoms with E-state index in [1.165, 1.54) is 11.3 Å². The first-order valence-corrected chi connectivity index (χ1v) is 11.8. The molecule has 0 radical (unpaired) electrons. The Labute approximate surface area is 196 Å². The lowest BCUT2D eigenvalue weighted by molar-refractivity contribution is 0.0961. The second-order valence-electron chi connectivity index (χ2n) is 7.87. The molecule has 0 fully saturated rings. The normalized spacial score (nSPS) is 11.6. The minimum Gasteiger partial charge on any atom is -0.490 e. The first-order valence-electron chi connectivity index (χ1n) is 10.6. The smallest absolute Gasteiger partial charge is 0.295 e. The number of aromatic nitrogens is 1. The number of ether oxygens (including phenoxy) is 1. The first kappa shape index (κ1) is 22.6. The van der Waals surface area contributed by atoms with Crippen molar-refractivity contribution >= 4 is 55.2 Å². The minimum absolute atomic E-state index is 0.227. The molecular formula is C24H26ClN3O3S. The van der Waals surface area contributed by atoms with Gasteiger partial charge in [0.2, 0.25) is 0 Å². The van der Waals surface area contributed by atoms with Crippen LogP contribution >= 0.6 is 22.9 Å². The van der Waals surface area contributed by atoms with Crippen molar-refractivity contribution in [2.45, 2.75) is 20.3 Å². The highest BCUT2D eigenvalue weighted by Crippen LogP contribution is 2.37. The van der Waals surface area contributed by atoms with Crippen LogP contribution in [0.3, 0.4) is 0 Å². The summed E-state index contributed by atoms with van der Waals surface area (Å²) in [6.45, 7) is 5.80. The molecule has 0 unspecified atom stereocenters. The number of para-hydroxylation sites is 1. The third-order valence-corrected chi connectivity index (χ3v) is 6.71. The number of anilines is 1. The number of thiazole rings is 1. The van der Waals surface area contributed by atoms with E-state index >= 15 is 0 Å². The van der Waals surface area contributed by atoms with Gasteiger partial charge in [-0.25, -0.2) is 4.98 Å². The molecule has 2 aromatic carbocycles. The fourth-order valence-corrected chi connectivity index (χ4v) is 4.92. The van der Waals surface area contributed by atoms with Crippen molar-refractivity contribution in [2.24, 2.45) is 0 Å². The third-order valence-electron chi connectivity index (χ3n) is 5.17. The number of amides is 1. The maximum Gasteiger partial charge on any atom is 0.295 e. The number of aryl methyl sites for hydroxylation is 1. The highest BCUT2D eigenvalue weighted by Gasteiger charge is 2.25. The van der Waals surface area contributed by atoms with Gasteiger partial charge in [-0.15, -0.1) is 0 Å². The predicted octanol–water partition coefficient (Wildman–Crippen LogP) is 6.00. The van der Waals surface area contributed by atoms with Gasteiger partial charge in [-0.1, -0.05) is 41.1 Å². The number of rotatable bonds is 8. The van der Waals surface area contributed by atoms with Crippen LogP contribution in [0, 0.1) is 6.92 Å². The highest BCUT2D eigenvalue weighted by atomic mass is 35.5. The maximum absolute atomic E-state index is 13.6. The van der Waals surface area contributed by atoms with E-state index in [1.54, 1.807) is 11.0 Å². The number of fused-ring (bicyclic) bond motifs is 2. The van der Waals surface area contributed by atoms with Crippen LogP contribution in [0.4, 0.5) is 5.13 Å². The highest BCUT2D eigenvalue weighted by molar-refractivity contribution is 7.23. The lowest BCUT2D eigenvalue weighted by Crippen LogP contribution is -2.33. The Morgan fingerprint density at radius 2 is 2.03 bits per heavy atom. The van der Waals surface area contributed by atoms with E-state index < -0.39 is 0 Å². The zero-order valence-corrected chi connectivity index (χ0v) is 20.2. The molecule has 6 nitrogen and oxygen atoms in total. The quantitative estimate of drug-likeness (QED) is 0.315. The van der Waals surface area contributed by atoms with Crippen molar-refractivity contribution in [1.82, 2.24) is 9.88 Å². The summed E-state index contributed by atoms with van der Waals surface area (Å²) in [6, 6.07) is 11.2. The molecule has 0 aliphatic carbocycles. The summed E-state index contributed by atoms with van der Waals surface area (Å²) in [7, 11) is 4.03. The SMILES string of the molecule is CCOc1cccc2cc(C(=O)N(CCCN(C)C)c3nc4c(C)ccc(Cl)c4s3)oc12. The van der Waals surface area contributed by atoms with Crippen molar-refractivity contribution in [3.8, 4) is 5.75 Å². The summed E-state index contributed by atoms with van der Waals surface area (Å²) >= 11 is 7.85. The molecule has 32 heavy (non-hydrogen) atoms. The first-order chi connectivity index (χ1) is 15.4. The van der Waals surface area contributed by atoms with E-state index in [9.17, 15) is 4.79 Å². The van der Waals surface area contributed by atoms with Crippen molar-refractivity contribution in [1.29, 1.82) is 0 Å². The molecule has 2 aromatic heterocycles. The second kappa shape index (κ2) is 9.48. The van der Waals surface area contributed by atoms with Crippen LogP contribution in [0.25, 0.3) is 21.2 Å². The molecule has 1 amide bonds. The van der Waals surface area contributed by atoms with Crippen LogP contribution in [0.2, 0.25) is 5.02 Å². The molecule has 0 saturated carbocycles. The summed E-state index contributed by atoms with van der Waals surface area (Å²) in [5, 5.41) is 2.08. The van der Waals surface area contributed by atoms with E-state index in [-0.39, 0.29) is 11.7 Å². The van der Waals surface area contributed by atoms with Gasteiger partial charge in [-0.3, -0.25) is 9.69 Å². The van der Waals surface area contributed by atoms with Crippen LogP contribution in [0.15, 0.2) is 40.8 Å². The van der Waals surface area contributed by atoms with Gasteiger partial charge in [0, 0.05) is 11.9 Å². The Morgan fingerprint density at radius 1 is 1.22 bits per heavy atom. The van der Waals surface area contributed by atoms with Crippen molar-refractivity contribution < 1.29 is 13.9 Å². The lowest BCUT2D eigenvalue weighted by atomic mass is 10.2. The Morgan fingerprint density at radius 3 is 2.75 bits per heavy atom. The zero-order valence-electron chi connectivity index (χ0n) is 18.6. The van der Waals surface area contributed by atoms with Gasteiger partial charge in [0.25, 0.3) is 5.91 Å². The van der Waals surface area contributed by atoms with Gasteiger partial charge in [0.1, 0.15) is 0 Å². The predicted molar refractivity (Wildman–Crippen MR) is 132 cm³/mol. The molecule has 0 aliphatic rings. The molecule has 0 N–H and O–H groups in total. The fraction of sp³-hybridized carbons (Fsp3) is 0.333. The van der Waals surface area contributed by atoms with Crippen molar-refractivity contribution in [3.63, 3.8) is 0 Å². The largest absolute Gasteiger partial charge is 0.490 e. The molecule has 2 heterocycles. The molecule has 0 aliphatic heterocycles. The number of hydrogen-bond acceptors (Lipinski definition) is 6. The van der Waals surface area contributed by atoms with Gasteiger partial charge < -0.3 is 14.1 Å². The Kier molecular flexibility index (Phi) is 6.69. The van der Waals surface area contributed by atoms with E-state index in [1.807, 2.05) is 58.3 Å². The molecule has 0 atom stereocenters. The Bertz CT molecular complexity index is 1230. The molecule has 168 valence electrons. The van der Waals surface area contributed by atoms with Gasteiger partial charge in [0.05, 0.1) is 21.8 Å². The van der Waals surface area contributed by atoms with Crippen molar-refractivity contribution in [2.75, 3.05) is 38.7 Å². The van der Waals surface area contributed by atoms with Crippen LogP contribution in [-0.2, 0) is 0 Å². The molecule has 4 aromatic rings. The monoisotopic (exact) mass is 471 g/mol. The van der Waals surface area contributed by atoms with Crippen LogP contribution in [-0.4, -0.2) is 49.6 Å². The van der Waals surface area contributed by atoms with Gasteiger partial charge in [-0.2, -0.15) is 0 Å². The van der Waals surface area contributed by atoms with E-state index in [0.717, 1.165) is 34.1 Å². The maximum atomic E-state index is 13.6. The minimum atomic E-state index is -0.227. The standard InChI is InChI=1S/C24H26ClN3O3S/c1-5-30-18-9-6-8-16-14-19(31-21(16)18)23(29)28(13-7-12-27(3)4)24-26-20-15(2)10-11-17(25)22(20)32-24/h6,8-11,14H,5,7,12-13H2,1-4H3. The number of nitrogens with zero attached hydrogens (tertiary/aromatic N) is 3. The average Bonchev–Trinajstić information content (AvgIpc) is 3.40. The number of halogens is 1. The fourth-order valence-electron chi connectivity index (χ4n) is 3.58. The number of hydrogen-bond donors (Lipinski definition) is 0. The van der Waals surface area contributed by atoms with E-state index in [4.69, 9.17) is 25.7 Å². The summed E-state index contributed by atoms with van der Waals surface area (Å²) in [5.74, 6) is 0.667. The van der Waals surface area contributed by atoms with Crippen molar-refractivity contribution in [3.05, 3.63) is 52.7 Å². The summed E-state index contributed by atoms with van der Waals surface area (Å²) < 4.78 is 12.5. The summed E-state index contributed by atoms with van der Waals surface area (Å²) in [6.07, 6.45) is 0.797. The molecular weight excluding hydrogens is 446 g/mol. The van der Waals surface area contributed by atoms with Crippen LogP contribution < -0.4 is 9.64 Å². The Hall–Kier alpha value is -2.61. The van der Waals surface area contributed by atoms with Gasteiger partial charge >= 0.3 is 0 Å². The molecule has 0 bridgehead atoms. The Balaban J connectivity index is 1.74. The number of furan rings is 1. The molecule has 0 spiro atoms. The molecule has 8 heteroatoms. The van der Waals surface area contributed by atoms with Crippen LogP contribution in [0.5, 0.6) is 5.75 Å². The van der Waals surface area contributed by atoms with Gasteiger partial charge in [0.15, 0.2) is 22.2 Å². The topological polar surface area (TPSA) is 58.8 Å². The number of benzene rings is 2. The van der Waals surface area contributed by atoms with E-state index in [0.29, 0.717) is 34.6 Å². The molecule has 0 saturated heterocycles. The zero-order chi connectivity index (χ0) is 22.8. The molecule has 4 rings (SSSR count). The second-order valence-corrected chi connectivity index (χ2v) is 9.25. The van der Waals surface area contributed by atoms with Crippen LogP contribution in [0.1, 0.15) is 29.5 Å². The number of carbonyl (C=O) groups excluding carboxylic acids is 1.